The molecular weight excluding hydrogens is 348 g/mol. The zero-order valence-electron chi connectivity index (χ0n) is 9.97. The minimum absolute atomic E-state index is 0.0879. The van der Waals surface area contributed by atoms with Gasteiger partial charge in [-0.15, -0.1) is 0 Å². The Hall–Kier alpha value is -1.92. The van der Waals surface area contributed by atoms with Crippen molar-refractivity contribution in [2.45, 2.75) is 0 Å². The van der Waals surface area contributed by atoms with E-state index < -0.39 is 10.8 Å². The first-order valence-corrected chi connectivity index (χ1v) is 6.65. The molecule has 5 nitrogen and oxygen atoms in total. The molecule has 0 saturated heterocycles. The molecule has 1 N–H and O–H groups in total. The number of amides is 1. The molecular formula is C13H8BrClN2O3. The normalized spacial score (nSPS) is 10.1. The second-order valence-corrected chi connectivity index (χ2v) is 5.27. The summed E-state index contributed by atoms with van der Waals surface area (Å²) in [5.41, 5.74) is 0.617. The van der Waals surface area contributed by atoms with Gasteiger partial charge in [-0.25, -0.2) is 0 Å². The van der Waals surface area contributed by atoms with E-state index in [-0.39, 0.29) is 5.69 Å². The second kappa shape index (κ2) is 6.02. The second-order valence-electron chi connectivity index (χ2n) is 3.92. The van der Waals surface area contributed by atoms with Crippen molar-refractivity contribution in [2.75, 3.05) is 5.32 Å². The number of rotatable bonds is 3. The molecule has 0 aliphatic carbocycles. The molecule has 2 rings (SSSR count). The van der Waals surface area contributed by atoms with Gasteiger partial charge in [-0.1, -0.05) is 33.6 Å². The molecule has 2 aromatic carbocycles. The highest BCUT2D eigenvalue weighted by Gasteiger charge is 2.11. The number of carbonyl (C=O) groups is 1. The third-order valence-corrected chi connectivity index (χ3v) is 3.12. The van der Waals surface area contributed by atoms with Crippen molar-refractivity contribution in [3.05, 3.63) is 67.6 Å². The predicted octanol–water partition coefficient (Wildman–Crippen LogP) is 4.26. The van der Waals surface area contributed by atoms with E-state index >= 15 is 0 Å². The zero-order chi connectivity index (χ0) is 14.7. The number of nitro benzene ring substituents is 1. The van der Waals surface area contributed by atoms with Crippen LogP contribution in [-0.4, -0.2) is 10.8 Å². The van der Waals surface area contributed by atoms with Gasteiger partial charge in [0.05, 0.1) is 4.92 Å². The van der Waals surface area contributed by atoms with Crippen LogP contribution in [0, 0.1) is 10.1 Å². The maximum atomic E-state index is 12.0. The summed E-state index contributed by atoms with van der Waals surface area (Å²) in [6.45, 7) is 0. The highest BCUT2D eigenvalue weighted by Crippen LogP contribution is 2.22. The van der Waals surface area contributed by atoms with Crippen LogP contribution in [0.25, 0.3) is 0 Å². The summed E-state index contributed by atoms with van der Waals surface area (Å²) in [5, 5.41) is 13.7. The fourth-order valence-corrected chi connectivity index (χ4v) is 2.45. The van der Waals surface area contributed by atoms with E-state index in [0.717, 1.165) is 0 Å². The Labute approximate surface area is 127 Å². The van der Waals surface area contributed by atoms with Crippen molar-refractivity contribution < 1.29 is 9.72 Å². The molecule has 0 radical (unpaired) electrons. The van der Waals surface area contributed by atoms with E-state index in [2.05, 4.69) is 21.2 Å². The molecule has 0 fully saturated rings. The average Bonchev–Trinajstić information content (AvgIpc) is 2.37. The monoisotopic (exact) mass is 354 g/mol. The maximum Gasteiger partial charge on any atom is 0.271 e. The summed E-state index contributed by atoms with van der Waals surface area (Å²) >= 11 is 9.11. The van der Waals surface area contributed by atoms with Crippen molar-refractivity contribution in [1.82, 2.24) is 0 Å². The lowest BCUT2D eigenvalue weighted by atomic mass is 10.2. The molecule has 20 heavy (non-hydrogen) atoms. The lowest BCUT2D eigenvalue weighted by Crippen LogP contribution is -2.12. The lowest BCUT2D eigenvalue weighted by molar-refractivity contribution is -0.384. The van der Waals surface area contributed by atoms with Crippen LogP contribution in [0.4, 0.5) is 11.4 Å². The standard InChI is InChI=1S/C13H8BrClN2O3/c14-9-4-8(5-10(15)6-9)13(18)16-11-2-1-3-12(7-11)17(19)20/h1-7H,(H,16,18). The Bertz CT molecular complexity index is 671. The molecule has 102 valence electrons. The first-order chi connectivity index (χ1) is 9.45. The van der Waals surface area contributed by atoms with E-state index in [1.54, 1.807) is 18.2 Å². The molecule has 0 heterocycles. The van der Waals surface area contributed by atoms with Gasteiger partial charge in [-0.05, 0) is 24.3 Å². The predicted molar refractivity (Wildman–Crippen MR) is 80.2 cm³/mol. The number of hydrogen-bond acceptors (Lipinski definition) is 3. The summed E-state index contributed by atoms with van der Waals surface area (Å²) < 4.78 is 0.675. The molecule has 0 aliphatic rings. The van der Waals surface area contributed by atoms with Crippen LogP contribution in [0.5, 0.6) is 0 Å². The maximum absolute atomic E-state index is 12.0. The summed E-state index contributed by atoms with van der Waals surface area (Å²) in [4.78, 5) is 22.2. The summed E-state index contributed by atoms with van der Waals surface area (Å²) in [6.07, 6.45) is 0. The van der Waals surface area contributed by atoms with Crippen LogP contribution >= 0.6 is 27.5 Å². The quantitative estimate of drug-likeness (QED) is 0.660. The number of non-ortho nitro benzene ring substituents is 1. The largest absolute Gasteiger partial charge is 0.322 e. The van der Waals surface area contributed by atoms with Crippen LogP contribution in [0.1, 0.15) is 10.4 Å². The van der Waals surface area contributed by atoms with Crippen molar-refractivity contribution >= 4 is 44.8 Å². The van der Waals surface area contributed by atoms with Crippen molar-refractivity contribution in [1.29, 1.82) is 0 Å². The van der Waals surface area contributed by atoms with Gasteiger partial charge < -0.3 is 5.32 Å². The Balaban J connectivity index is 2.23. The minimum atomic E-state index is -0.522. The number of benzene rings is 2. The van der Waals surface area contributed by atoms with E-state index in [9.17, 15) is 14.9 Å². The third kappa shape index (κ3) is 3.55. The molecule has 2 aromatic rings. The topological polar surface area (TPSA) is 72.2 Å². The number of hydrogen-bond donors (Lipinski definition) is 1. The summed E-state index contributed by atoms with van der Waals surface area (Å²) in [5.74, 6) is -0.395. The first kappa shape index (κ1) is 14.5. The van der Waals surface area contributed by atoms with Crippen LogP contribution in [0.3, 0.4) is 0 Å². The van der Waals surface area contributed by atoms with E-state index in [0.29, 0.717) is 20.7 Å². The molecule has 0 saturated carbocycles. The fraction of sp³-hybridized carbons (Fsp3) is 0. The summed E-state index contributed by atoms with van der Waals surface area (Å²) in [6, 6.07) is 10.5. The lowest BCUT2D eigenvalue weighted by Gasteiger charge is -2.06. The van der Waals surface area contributed by atoms with E-state index in [1.165, 1.54) is 24.3 Å². The number of nitro groups is 1. The molecule has 0 aromatic heterocycles. The van der Waals surface area contributed by atoms with Gasteiger partial charge in [0, 0.05) is 32.9 Å². The van der Waals surface area contributed by atoms with E-state index in [1.807, 2.05) is 0 Å². The van der Waals surface area contributed by atoms with Gasteiger partial charge >= 0.3 is 0 Å². The van der Waals surface area contributed by atoms with E-state index in [4.69, 9.17) is 11.6 Å². The number of carbonyl (C=O) groups excluding carboxylic acids is 1. The molecule has 0 unspecified atom stereocenters. The van der Waals surface area contributed by atoms with Gasteiger partial charge in [0.1, 0.15) is 0 Å². The number of anilines is 1. The Kier molecular flexibility index (Phi) is 4.36. The SMILES string of the molecule is O=C(Nc1cccc([N+](=O)[O-])c1)c1cc(Cl)cc(Br)c1. The van der Waals surface area contributed by atoms with Gasteiger partial charge in [0.15, 0.2) is 0 Å². The zero-order valence-corrected chi connectivity index (χ0v) is 12.3. The number of nitrogens with zero attached hydrogens (tertiary/aromatic N) is 1. The van der Waals surface area contributed by atoms with Crippen LogP contribution < -0.4 is 5.32 Å². The fourth-order valence-electron chi connectivity index (χ4n) is 1.59. The third-order valence-electron chi connectivity index (χ3n) is 2.44. The van der Waals surface area contributed by atoms with Crippen LogP contribution in [0.2, 0.25) is 5.02 Å². The van der Waals surface area contributed by atoms with Gasteiger partial charge in [0.25, 0.3) is 11.6 Å². The molecule has 7 heteroatoms. The van der Waals surface area contributed by atoms with Crippen molar-refractivity contribution in [2.24, 2.45) is 0 Å². The highest BCUT2D eigenvalue weighted by atomic mass is 79.9. The van der Waals surface area contributed by atoms with Gasteiger partial charge in [-0.3, -0.25) is 14.9 Å². The Morgan fingerprint density at radius 3 is 2.65 bits per heavy atom. The molecule has 0 atom stereocenters. The van der Waals surface area contributed by atoms with Gasteiger partial charge in [0.2, 0.25) is 0 Å². The molecule has 1 amide bonds. The van der Waals surface area contributed by atoms with Crippen LogP contribution in [0.15, 0.2) is 46.9 Å². The highest BCUT2D eigenvalue weighted by molar-refractivity contribution is 9.10. The molecule has 0 spiro atoms. The van der Waals surface area contributed by atoms with Crippen molar-refractivity contribution in [3.63, 3.8) is 0 Å². The van der Waals surface area contributed by atoms with Crippen LogP contribution in [-0.2, 0) is 0 Å². The van der Waals surface area contributed by atoms with Crippen molar-refractivity contribution in [3.8, 4) is 0 Å². The molecule has 0 aliphatic heterocycles. The minimum Gasteiger partial charge on any atom is -0.322 e. The smallest absolute Gasteiger partial charge is 0.271 e. The Morgan fingerprint density at radius 1 is 1.25 bits per heavy atom. The average molecular weight is 356 g/mol. The Morgan fingerprint density at radius 2 is 2.00 bits per heavy atom. The molecule has 0 bridgehead atoms. The number of nitrogens with one attached hydrogen (secondary N) is 1. The number of halogens is 2. The van der Waals surface area contributed by atoms with Gasteiger partial charge in [-0.2, -0.15) is 0 Å². The first-order valence-electron chi connectivity index (χ1n) is 5.47. The summed E-state index contributed by atoms with van der Waals surface area (Å²) in [7, 11) is 0.